The summed E-state index contributed by atoms with van der Waals surface area (Å²) in [5, 5.41) is 0. The molecule has 0 aliphatic carbocycles. The fourth-order valence-electron chi connectivity index (χ4n) is 1.41. The monoisotopic (exact) mass is 270 g/mol. The van der Waals surface area contributed by atoms with E-state index in [2.05, 4.69) is 6.58 Å². The van der Waals surface area contributed by atoms with Crippen molar-refractivity contribution in [3.05, 3.63) is 12.2 Å². The third-order valence-electron chi connectivity index (χ3n) is 2.78. The third-order valence-corrected chi connectivity index (χ3v) is 2.78. The number of carbonyl (C=O) groups is 3. The van der Waals surface area contributed by atoms with Crippen LogP contribution in [0.1, 0.15) is 27.2 Å². The van der Waals surface area contributed by atoms with Crippen LogP contribution in [0.25, 0.3) is 0 Å². The highest BCUT2D eigenvalue weighted by Crippen LogP contribution is 2.22. The molecular formula is C13H18O6. The molecule has 0 N–H and O–H groups in total. The highest BCUT2D eigenvalue weighted by molar-refractivity contribution is 5.92. The van der Waals surface area contributed by atoms with Crippen LogP contribution in [0.2, 0.25) is 0 Å². The Bertz CT molecular complexity index is 400. The molecule has 1 heterocycles. The van der Waals surface area contributed by atoms with E-state index in [0.29, 0.717) is 6.42 Å². The predicted octanol–water partition coefficient (Wildman–Crippen LogP) is 0.989. The molecule has 1 aliphatic rings. The van der Waals surface area contributed by atoms with Gasteiger partial charge in [-0.3, -0.25) is 4.79 Å². The Morgan fingerprint density at radius 2 is 2.16 bits per heavy atom. The largest absolute Gasteiger partial charge is 0.462 e. The van der Waals surface area contributed by atoms with E-state index in [9.17, 15) is 14.4 Å². The Morgan fingerprint density at radius 1 is 1.53 bits per heavy atom. The Labute approximate surface area is 111 Å². The van der Waals surface area contributed by atoms with Crippen LogP contribution in [-0.2, 0) is 28.6 Å². The van der Waals surface area contributed by atoms with Crippen LogP contribution in [0.15, 0.2) is 12.2 Å². The van der Waals surface area contributed by atoms with Gasteiger partial charge in [0.05, 0.1) is 6.10 Å². The van der Waals surface area contributed by atoms with Gasteiger partial charge < -0.3 is 14.2 Å². The van der Waals surface area contributed by atoms with Crippen LogP contribution in [0.5, 0.6) is 0 Å². The average molecular weight is 270 g/mol. The minimum absolute atomic E-state index is 0.137. The fourth-order valence-corrected chi connectivity index (χ4v) is 1.41. The first-order valence-electron chi connectivity index (χ1n) is 6.10. The molecule has 19 heavy (non-hydrogen) atoms. The fraction of sp³-hybridized carbons (Fsp3) is 0.615. The van der Waals surface area contributed by atoms with E-state index in [0.717, 1.165) is 0 Å². The Kier molecular flexibility index (Phi) is 5.09. The van der Waals surface area contributed by atoms with Crippen LogP contribution in [0, 0.1) is 5.92 Å². The molecule has 3 atom stereocenters. The van der Waals surface area contributed by atoms with Gasteiger partial charge in [0, 0.05) is 5.57 Å². The number of carbonyl (C=O) groups excluding carboxylic acids is 3. The molecule has 0 saturated carbocycles. The first-order valence-corrected chi connectivity index (χ1v) is 6.10. The maximum absolute atomic E-state index is 11.9. The molecule has 0 aromatic carbocycles. The van der Waals surface area contributed by atoms with Crippen molar-refractivity contribution < 1.29 is 28.6 Å². The van der Waals surface area contributed by atoms with Gasteiger partial charge in [0.1, 0.15) is 12.5 Å². The molecule has 0 aromatic rings. The molecule has 1 aliphatic heterocycles. The third kappa shape index (κ3) is 3.81. The maximum Gasteiger partial charge on any atom is 0.348 e. The molecule has 6 nitrogen and oxygen atoms in total. The van der Waals surface area contributed by atoms with E-state index in [1.54, 1.807) is 6.92 Å². The van der Waals surface area contributed by atoms with E-state index in [-0.39, 0.29) is 18.3 Å². The average Bonchev–Trinajstić information content (AvgIpc) is 2.70. The number of hydrogen-bond acceptors (Lipinski definition) is 6. The molecule has 0 radical (unpaired) electrons. The van der Waals surface area contributed by atoms with Gasteiger partial charge in [0.15, 0.2) is 0 Å². The van der Waals surface area contributed by atoms with E-state index < -0.39 is 29.9 Å². The van der Waals surface area contributed by atoms with E-state index >= 15 is 0 Å². The van der Waals surface area contributed by atoms with Crippen molar-refractivity contribution in [2.24, 2.45) is 5.92 Å². The van der Waals surface area contributed by atoms with Gasteiger partial charge in [-0.1, -0.05) is 13.5 Å². The summed E-state index contributed by atoms with van der Waals surface area (Å²) >= 11 is 0. The zero-order chi connectivity index (χ0) is 14.6. The van der Waals surface area contributed by atoms with Gasteiger partial charge in [-0.15, -0.1) is 0 Å². The smallest absolute Gasteiger partial charge is 0.348 e. The molecule has 0 spiro atoms. The summed E-state index contributed by atoms with van der Waals surface area (Å²) in [5.41, 5.74) is 0.147. The topological polar surface area (TPSA) is 78.9 Å². The lowest BCUT2D eigenvalue weighted by molar-refractivity contribution is -0.165. The van der Waals surface area contributed by atoms with E-state index in [4.69, 9.17) is 14.2 Å². The Balaban J connectivity index is 2.71. The molecule has 0 amide bonds. The maximum atomic E-state index is 11.9. The molecule has 1 saturated heterocycles. The van der Waals surface area contributed by atoms with Crippen molar-refractivity contribution in [1.29, 1.82) is 0 Å². The lowest BCUT2D eigenvalue weighted by Gasteiger charge is -2.17. The minimum atomic E-state index is -1.25. The van der Waals surface area contributed by atoms with Crippen molar-refractivity contribution in [3.8, 4) is 0 Å². The second kappa shape index (κ2) is 6.36. The molecule has 0 aromatic heterocycles. The highest BCUT2D eigenvalue weighted by Gasteiger charge is 2.46. The van der Waals surface area contributed by atoms with Gasteiger partial charge in [-0.05, 0) is 20.3 Å². The summed E-state index contributed by atoms with van der Waals surface area (Å²) < 4.78 is 14.8. The number of rotatable bonds is 5. The van der Waals surface area contributed by atoms with Gasteiger partial charge >= 0.3 is 17.9 Å². The van der Waals surface area contributed by atoms with Crippen LogP contribution in [0.4, 0.5) is 0 Å². The SMILES string of the molecule is C=C(C)C(=O)OC1C(=O)OCC1C(=O)OC(C)CC. The van der Waals surface area contributed by atoms with Gasteiger partial charge in [-0.2, -0.15) is 0 Å². The second-order valence-electron chi connectivity index (χ2n) is 4.50. The molecule has 0 bridgehead atoms. The standard InChI is InChI=1S/C13H18O6/c1-5-8(4)18-12(15)9-6-17-13(16)10(9)19-11(14)7(2)3/h8-10H,2,5-6H2,1,3-4H3. The summed E-state index contributed by atoms with van der Waals surface area (Å²) in [7, 11) is 0. The first-order chi connectivity index (χ1) is 8.86. The Morgan fingerprint density at radius 3 is 2.68 bits per heavy atom. The van der Waals surface area contributed by atoms with E-state index in [1.165, 1.54) is 6.92 Å². The summed E-state index contributed by atoms with van der Waals surface area (Å²) in [6, 6.07) is 0. The summed E-state index contributed by atoms with van der Waals surface area (Å²) in [4.78, 5) is 34.7. The number of esters is 3. The van der Waals surface area contributed by atoms with Crippen molar-refractivity contribution in [3.63, 3.8) is 0 Å². The van der Waals surface area contributed by atoms with E-state index in [1.807, 2.05) is 6.92 Å². The van der Waals surface area contributed by atoms with Crippen molar-refractivity contribution in [2.45, 2.75) is 39.4 Å². The van der Waals surface area contributed by atoms with Crippen molar-refractivity contribution >= 4 is 17.9 Å². The lowest BCUT2D eigenvalue weighted by Crippen LogP contribution is -2.36. The molecule has 1 fully saturated rings. The van der Waals surface area contributed by atoms with Gasteiger partial charge in [0.2, 0.25) is 6.10 Å². The van der Waals surface area contributed by atoms with Gasteiger partial charge in [0.25, 0.3) is 0 Å². The summed E-state index contributed by atoms with van der Waals surface area (Å²) in [6.07, 6.45) is -0.856. The summed E-state index contributed by atoms with van der Waals surface area (Å²) in [5.74, 6) is -2.98. The quantitative estimate of drug-likeness (QED) is 0.421. The number of cyclic esters (lactones) is 1. The highest BCUT2D eigenvalue weighted by atomic mass is 16.6. The van der Waals surface area contributed by atoms with Gasteiger partial charge in [-0.25, -0.2) is 9.59 Å². The normalized spacial score (nSPS) is 23.4. The van der Waals surface area contributed by atoms with Crippen LogP contribution in [0.3, 0.4) is 0 Å². The molecule has 3 unspecified atom stereocenters. The molecular weight excluding hydrogens is 252 g/mol. The van der Waals surface area contributed by atoms with Crippen molar-refractivity contribution in [2.75, 3.05) is 6.61 Å². The minimum Gasteiger partial charge on any atom is -0.462 e. The number of hydrogen-bond donors (Lipinski definition) is 0. The summed E-state index contributed by atoms with van der Waals surface area (Å²) in [6.45, 7) is 8.34. The predicted molar refractivity (Wildman–Crippen MR) is 65.0 cm³/mol. The first kappa shape index (κ1) is 15.2. The Hall–Kier alpha value is -1.85. The second-order valence-corrected chi connectivity index (χ2v) is 4.50. The van der Waals surface area contributed by atoms with Crippen LogP contribution in [-0.4, -0.2) is 36.7 Å². The molecule has 106 valence electrons. The lowest BCUT2D eigenvalue weighted by atomic mass is 10.1. The molecule has 1 rings (SSSR count). The van der Waals surface area contributed by atoms with Crippen LogP contribution < -0.4 is 0 Å². The zero-order valence-electron chi connectivity index (χ0n) is 11.3. The zero-order valence-corrected chi connectivity index (χ0v) is 11.3. The number of ether oxygens (including phenoxy) is 3. The van der Waals surface area contributed by atoms with Crippen molar-refractivity contribution in [1.82, 2.24) is 0 Å². The van der Waals surface area contributed by atoms with Crippen LogP contribution >= 0.6 is 0 Å². The molecule has 6 heteroatoms.